The number of hydrogen-bond acceptors (Lipinski definition) is 3. The van der Waals surface area contributed by atoms with Crippen LogP contribution in [0.4, 0.5) is 0 Å². The fraction of sp³-hybridized carbons (Fsp3) is 0.529. The van der Waals surface area contributed by atoms with Crippen LogP contribution in [0.2, 0.25) is 0 Å². The van der Waals surface area contributed by atoms with Crippen LogP contribution in [0.5, 0.6) is 5.75 Å². The Morgan fingerprint density at radius 2 is 1.86 bits per heavy atom. The van der Waals surface area contributed by atoms with Crippen molar-refractivity contribution in [3.63, 3.8) is 0 Å². The first-order chi connectivity index (χ1) is 10.4. The fourth-order valence-corrected chi connectivity index (χ4v) is 1.93. The van der Waals surface area contributed by atoms with Crippen molar-refractivity contribution < 1.29 is 14.3 Å². The summed E-state index contributed by atoms with van der Waals surface area (Å²) in [6.07, 6.45) is 0.570. The average molecular weight is 306 g/mol. The van der Waals surface area contributed by atoms with Gasteiger partial charge >= 0.3 is 0 Å². The van der Waals surface area contributed by atoms with Gasteiger partial charge < -0.3 is 15.4 Å². The van der Waals surface area contributed by atoms with Crippen LogP contribution >= 0.6 is 0 Å². The Morgan fingerprint density at radius 1 is 1.14 bits per heavy atom. The van der Waals surface area contributed by atoms with Crippen molar-refractivity contribution in [2.45, 2.75) is 46.6 Å². The molecule has 0 radical (unpaired) electrons. The molecule has 0 heterocycles. The number of benzene rings is 1. The van der Waals surface area contributed by atoms with E-state index < -0.39 is 0 Å². The van der Waals surface area contributed by atoms with Crippen molar-refractivity contribution >= 4 is 11.8 Å². The van der Waals surface area contributed by atoms with Crippen LogP contribution in [0.3, 0.4) is 0 Å². The van der Waals surface area contributed by atoms with E-state index in [1.807, 2.05) is 45.9 Å². The molecule has 2 N–H and O–H groups in total. The maximum absolute atomic E-state index is 11.7. The van der Waals surface area contributed by atoms with Gasteiger partial charge in [-0.1, -0.05) is 12.1 Å². The summed E-state index contributed by atoms with van der Waals surface area (Å²) in [5.74, 6) is 0.647. The highest BCUT2D eigenvalue weighted by Gasteiger charge is 2.06. The Morgan fingerprint density at radius 3 is 2.55 bits per heavy atom. The summed E-state index contributed by atoms with van der Waals surface area (Å²) in [5.41, 5.74) is 2.26. The molecule has 0 aliphatic carbocycles. The summed E-state index contributed by atoms with van der Waals surface area (Å²) < 4.78 is 5.63. The van der Waals surface area contributed by atoms with E-state index in [4.69, 9.17) is 4.74 Å². The van der Waals surface area contributed by atoms with Crippen LogP contribution in [0, 0.1) is 13.8 Å². The summed E-state index contributed by atoms with van der Waals surface area (Å²) in [6, 6.07) is 5.98. The number of hydrogen-bond donors (Lipinski definition) is 2. The fourth-order valence-electron chi connectivity index (χ4n) is 1.93. The van der Waals surface area contributed by atoms with Crippen molar-refractivity contribution in [3.05, 3.63) is 29.3 Å². The molecule has 0 fully saturated rings. The van der Waals surface area contributed by atoms with Crippen molar-refractivity contribution in [2.24, 2.45) is 0 Å². The molecule has 0 bridgehead atoms. The largest absolute Gasteiger partial charge is 0.493 e. The number of rotatable bonds is 8. The summed E-state index contributed by atoms with van der Waals surface area (Å²) >= 11 is 0. The normalized spacial score (nSPS) is 10.4. The number of carbonyl (C=O) groups is 2. The number of amides is 2. The highest BCUT2D eigenvalue weighted by Crippen LogP contribution is 2.20. The molecule has 122 valence electrons. The molecule has 1 aromatic carbocycles. The lowest BCUT2D eigenvalue weighted by atomic mass is 10.1. The summed E-state index contributed by atoms with van der Waals surface area (Å²) in [6.45, 7) is 8.51. The van der Waals surface area contributed by atoms with Crippen molar-refractivity contribution in [1.82, 2.24) is 10.6 Å². The number of aryl methyl sites for hydroxylation is 1. The van der Waals surface area contributed by atoms with E-state index in [-0.39, 0.29) is 24.3 Å². The van der Waals surface area contributed by atoms with E-state index >= 15 is 0 Å². The monoisotopic (exact) mass is 306 g/mol. The zero-order valence-corrected chi connectivity index (χ0v) is 13.9. The molecule has 5 nitrogen and oxygen atoms in total. The standard InChI is InChI=1S/C17H26N2O3/c1-12(2)19-17(21)8-10-18-16(20)9-11-22-15-7-5-6-13(3)14(15)4/h5-7,12H,8-11H2,1-4H3,(H,18,20)(H,19,21). The smallest absolute Gasteiger partial charge is 0.223 e. The van der Waals surface area contributed by atoms with E-state index in [0.29, 0.717) is 19.6 Å². The molecule has 1 aromatic rings. The molecule has 22 heavy (non-hydrogen) atoms. The average Bonchev–Trinajstić information content (AvgIpc) is 2.42. The van der Waals surface area contributed by atoms with Gasteiger partial charge in [0.05, 0.1) is 13.0 Å². The summed E-state index contributed by atoms with van der Waals surface area (Å²) in [5, 5.41) is 5.50. The second-order valence-corrected chi connectivity index (χ2v) is 5.62. The van der Waals surface area contributed by atoms with Gasteiger partial charge in [-0.15, -0.1) is 0 Å². The third-order valence-corrected chi connectivity index (χ3v) is 3.27. The lowest BCUT2D eigenvalue weighted by molar-refractivity contribution is -0.122. The SMILES string of the molecule is Cc1cccc(OCCC(=O)NCCC(=O)NC(C)C)c1C. The molecular weight excluding hydrogens is 280 g/mol. The van der Waals surface area contributed by atoms with Crippen LogP contribution in [0.1, 0.15) is 37.8 Å². The van der Waals surface area contributed by atoms with Crippen LogP contribution in [-0.4, -0.2) is 31.0 Å². The van der Waals surface area contributed by atoms with Gasteiger partial charge in [0.15, 0.2) is 0 Å². The molecule has 2 amide bonds. The van der Waals surface area contributed by atoms with Gasteiger partial charge in [0, 0.05) is 19.0 Å². The molecule has 1 rings (SSSR count). The maximum Gasteiger partial charge on any atom is 0.223 e. The molecule has 0 saturated heterocycles. The highest BCUT2D eigenvalue weighted by molar-refractivity contribution is 5.79. The van der Waals surface area contributed by atoms with Gasteiger partial charge in [-0.05, 0) is 44.9 Å². The molecule has 0 unspecified atom stereocenters. The minimum atomic E-state index is -0.109. The molecule has 0 atom stereocenters. The molecule has 0 spiro atoms. The van der Waals surface area contributed by atoms with Gasteiger partial charge in [-0.2, -0.15) is 0 Å². The zero-order chi connectivity index (χ0) is 16.5. The second-order valence-electron chi connectivity index (χ2n) is 5.62. The van der Waals surface area contributed by atoms with Crippen LogP contribution in [0.15, 0.2) is 18.2 Å². The highest BCUT2D eigenvalue weighted by atomic mass is 16.5. The number of ether oxygens (including phenoxy) is 1. The first-order valence-corrected chi connectivity index (χ1v) is 7.65. The van der Waals surface area contributed by atoms with Gasteiger partial charge in [-0.3, -0.25) is 9.59 Å². The third-order valence-electron chi connectivity index (χ3n) is 3.27. The lowest BCUT2D eigenvalue weighted by Gasteiger charge is -2.11. The van der Waals surface area contributed by atoms with Gasteiger partial charge in [0.1, 0.15) is 5.75 Å². The van der Waals surface area contributed by atoms with Gasteiger partial charge in [0.2, 0.25) is 11.8 Å². The molecule has 0 aliphatic heterocycles. The Balaban J connectivity index is 2.21. The molecule has 5 heteroatoms. The minimum absolute atomic E-state index is 0.0538. The van der Waals surface area contributed by atoms with E-state index in [1.54, 1.807) is 0 Å². The Bertz CT molecular complexity index is 513. The number of nitrogens with one attached hydrogen (secondary N) is 2. The topological polar surface area (TPSA) is 67.4 Å². The van der Waals surface area contributed by atoms with Crippen LogP contribution in [0.25, 0.3) is 0 Å². The van der Waals surface area contributed by atoms with Crippen molar-refractivity contribution in [3.8, 4) is 5.75 Å². The summed E-state index contributed by atoms with van der Waals surface area (Å²) in [7, 11) is 0. The Kier molecular flexibility index (Phi) is 7.43. The summed E-state index contributed by atoms with van der Waals surface area (Å²) in [4.78, 5) is 23.1. The van der Waals surface area contributed by atoms with Crippen LogP contribution < -0.4 is 15.4 Å². The van der Waals surface area contributed by atoms with Crippen LogP contribution in [-0.2, 0) is 9.59 Å². The van der Waals surface area contributed by atoms with E-state index in [0.717, 1.165) is 16.9 Å². The van der Waals surface area contributed by atoms with E-state index in [2.05, 4.69) is 10.6 Å². The van der Waals surface area contributed by atoms with Gasteiger partial charge in [-0.25, -0.2) is 0 Å². The van der Waals surface area contributed by atoms with Crippen molar-refractivity contribution in [1.29, 1.82) is 0 Å². The predicted molar refractivity (Wildman–Crippen MR) is 86.9 cm³/mol. The molecular formula is C17H26N2O3. The quantitative estimate of drug-likeness (QED) is 0.773. The molecule has 0 saturated carbocycles. The minimum Gasteiger partial charge on any atom is -0.493 e. The zero-order valence-electron chi connectivity index (χ0n) is 13.9. The first kappa shape index (κ1) is 18.0. The van der Waals surface area contributed by atoms with E-state index in [1.165, 1.54) is 0 Å². The Hall–Kier alpha value is -2.04. The predicted octanol–water partition coefficient (Wildman–Crippen LogP) is 2.10. The first-order valence-electron chi connectivity index (χ1n) is 7.65. The Labute approximate surface area is 132 Å². The van der Waals surface area contributed by atoms with Gasteiger partial charge in [0.25, 0.3) is 0 Å². The van der Waals surface area contributed by atoms with Crippen molar-refractivity contribution in [2.75, 3.05) is 13.2 Å². The maximum atomic E-state index is 11.7. The third kappa shape index (κ3) is 6.61. The molecule has 0 aromatic heterocycles. The second kappa shape index (κ2) is 9.07. The van der Waals surface area contributed by atoms with E-state index in [9.17, 15) is 9.59 Å². The lowest BCUT2D eigenvalue weighted by Crippen LogP contribution is -2.34. The molecule has 0 aliphatic rings. The number of carbonyl (C=O) groups excluding carboxylic acids is 2.